The number of rotatable bonds is 5. The number of nitrogens with one attached hydrogen (secondary N) is 1. The first-order valence-electron chi connectivity index (χ1n) is 7.30. The van der Waals surface area contributed by atoms with Crippen molar-refractivity contribution < 1.29 is 4.79 Å². The van der Waals surface area contributed by atoms with Gasteiger partial charge in [-0.3, -0.25) is 4.79 Å². The van der Waals surface area contributed by atoms with Crippen LogP contribution in [0.5, 0.6) is 0 Å². The summed E-state index contributed by atoms with van der Waals surface area (Å²) in [6, 6.07) is 6.80. The lowest BCUT2D eigenvalue weighted by Crippen LogP contribution is -2.55. The third-order valence-corrected chi connectivity index (χ3v) is 4.83. The molecule has 0 saturated heterocycles. The standard InChI is InChI=1S/C16H20Cl2N4O/c1-10(2)16(3,9-19)20-15(23)14-6-7-22(21-14)11-4-5-12(17)13(18)8-11/h4-8,10H,9,19H2,1-3H3,(H,20,23). The maximum atomic E-state index is 12.4. The average Bonchev–Trinajstić information content (AvgIpc) is 2.99. The van der Waals surface area contributed by atoms with Crippen LogP contribution in [0, 0.1) is 5.92 Å². The van der Waals surface area contributed by atoms with Crippen LogP contribution in [-0.4, -0.2) is 27.8 Å². The highest BCUT2D eigenvalue weighted by Crippen LogP contribution is 2.24. The van der Waals surface area contributed by atoms with Gasteiger partial charge >= 0.3 is 0 Å². The van der Waals surface area contributed by atoms with Gasteiger partial charge in [0.25, 0.3) is 5.91 Å². The Morgan fingerprint density at radius 2 is 2.04 bits per heavy atom. The lowest BCUT2D eigenvalue weighted by molar-refractivity contribution is 0.0877. The Hall–Kier alpha value is -1.56. The summed E-state index contributed by atoms with van der Waals surface area (Å²) in [5.74, 6) is -0.0564. The molecule has 1 atom stereocenters. The molecule has 23 heavy (non-hydrogen) atoms. The number of amides is 1. The van der Waals surface area contributed by atoms with Crippen LogP contribution in [0.15, 0.2) is 30.5 Å². The minimum atomic E-state index is -0.482. The molecule has 2 rings (SSSR count). The Labute approximate surface area is 145 Å². The Balaban J connectivity index is 2.21. The zero-order chi connectivity index (χ0) is 17.2. The molecule has 0 fully saturated rings. The lowest BCUT2D eigenvalue weighted by Gasteiger charge is -2.33. The maximum Gasteiger partial charge on any atom is 0.272 e. The molecular formula is C16H20Cl2N4O. The third-order valence-electron chi connectivity index (χ3n) is 4.09. The summed E-state index contributed by atoms with van der Waals surface area (Å²) >= 11 is 11.9. The van der Waals surface area contributed by atoms with Crippen molar-refractivity contribution >= 4 is 29.1 Å². The van der Waals surface area contributed by atoms with Gasteiger partial charge in [-0.2, -0.15) is 5.10 Å². The van der Waals surface area contributed by atoms with Gasteiger partial charge in [0, 0.05) is 12.7 Å². The van der Waals surface area contributed by atoms with E-state index in [2.05, 4.69) is 10.4 Å². The van der Waals surface area contributed by atoms with E-state index >= 15 is 0 Å². The largest absolute Gasteiger partial charge is 0.344 e. The minimum absolute atomic E-state index is 0.202. The van der Waals surface area contributed by atoms with Gasteiger partial charge in [-0.05, 0) is 37.1 Å². The van der Waals surface area contributed by atoms with E-state index in [1.807, 2.05) is 20.8 Å². The molecular weight excluding hydrogens is 335 g/mol. The highest BCUT2D eigenvalue weighted by atomic mass is 35.5. The molecule has 2 aromatic rings. The fourth-order valence-electron chi connectivity index (χ4n) is 1.97. The second-order valence-electron chi connectivity index (χ2n) is 5.97. The van der Waals surface area contributed by atoms with E-state index in [4.69, 9.17) is 28.9 Å². The highest BCUT2D eigenvalue weighted by Gasteiger charge is 2.29. The summed E-state index contributed by atoms with van der Waals surface area (Å²) < 4.78 is 1.58. The first-order valence-corrected chi connectivity index (χ1v) is 8.06. The van der Waals surface area contributed by atoms with Gasteiger partial charge < -0.3 is 11.1 Å². The number of hydrogen-bond acceptors (Lipinski definition) is 3. The first-order chi connectivity index (χ1) is 10.8. The number of carbonyl (C=O) groups is 1. The van der Waals surface area contributed by atoms with Crippen molar-refractivity contribution in [1.82, 2.24) is 15.1 Å². The van der Waals surface area contributed by atoms with Gasteiger partial charge in [-0.1, -0.05) is 37.0 Å². The fourth-order valence-corrected chi connectivity index (χ4v) is 2.26. The van der Waals surface area contributed by atoms with E-state index in [1.54, 1.807) is 35.1 Å². The highest BCUT2D eigenvalue weighted by molar-refractivity contribution is 6.42. The quantitative estimate of drug-likeness (QED) is 0.865. The van der Waals surface area contributed by atoms with Crippen LogP contribution in [0.4, 0.5) is 0 Å². The minimum Gasteiger partial charge on any atom is -0.344 e. The van der Waals surface area contributed by atoms with Crippen LogP contribution in [0.3, 0.4) is 0 Å². The van der Waals surface area contributed by atoms with Crippen LogP contribution in [-0.2, 0) is 0 Å². The van der Waals surface area contributed by atoms with Gasteiger partial charge in [-0.15, -0.1) is 0 Å². The molecule has 0 aliphatic carbocycles. The van der Waals surface area contributed by atoms with E-state index in [9.17, 15) is 4.79 Å². The lowest BCUT2D eigenvalue weighted by atomic mass is 9.88. The van der Waals surface area contributed by atoms with Crippen molar-refractivity contribution in [3.8, 4) is 5.69 Å². The van der Waals surface area contributed by atoms with Crippen LogP contribution >= 0.6 is 23.2 Å². The van der Waals surface area contributed by atoms with Gasteiger partial charge in [0.1, 0.15) is 0 Å². The van der Waals surface area contributed by atoms with Crippen LogP contribution < -0.4 is 11.1 Å². The number of benzene rings is 1. The van der Waals surface area contributed by atoms with Crippen molar-refractivity contribution in [3.63, 3.8) is 0 Å². The number of nitrogens with zero attached hydrogens (tertiary/aromatic N) is 2. The second kappa shape index (κ2) is 6.91. The number of nitrogens with two attached hydrogens (primary N) is 1. The van der Waals surface area contributed by atoms with Crippen molar-refractivity contribution in [3.05, 3.63) is 46.2 Å². The van der Waals surface area contributed by atoms with E-state index in [0.717, 1.165) is 5.69 Å². The zero-order valence-corrected chi connectivity index (χ0v) is 14.8. The van der Waals surface area contributed by atoms with Crippen LogP contribution in [0.25, 0.3) is 5.69 Å². The Kier molecular flexibility index (Phi) is 5.34. The zero-order valence-electron chi connectivity index (χ0n) is 13.3. The molecule has 0 aliphatic heterocycles. The van der Waals surface area contributed by atoms with E-state index < -0.39 is 5.54 Å². The normalized spacial score (nSPS) is 13.9. The average molecular weight is 355 g/mol. The number of hydrogen-bond donors (Lipinski definition) is 2. The topological polar surface area (TPSA) is 72.9 Å². The Morgan fingerprint density at radius 1 is 1.35 bits per heavy atom. The van der Waals surface area contributed by atoms with Gasteiger partial charge in [0.2, 0.25) is 0 Å². The molecule has 0 aliphatic rings. The molecule has 1 amide bonds. The van der Waals surface area contributed by atoms with E-state index in [0.29, 0.717) is 22.3 Å². The number of aromatic nitrogens is 2. The molecule has 0 radical (unpaired) electrons. The maximum absolute atomic E-state index is 12.4. The van der Waals surface area contributed by atoms with Crippen molar-refractivity contribution in [2.45, 2.75) is 26.3 Å². The summed E-state index contributed by atoms with van der Waals surface area (Å²) in [5.41, 5.74) is 6.35. The van der Waals surface area contributed by atoms with Crippen LogP contribution in [0.1, 0.15) is 31.3 Å². The van der Waals surface area contributed by atoms with Crippen molar-refractivity contribution in [2.75, 3.05) is 6.54 Å². The Bertz CT molecular complexity index is 714. The van der Waals surface area contributed by atoms with Crippen molar-refractivity contribution in [1.29, 1.82) is 0 Å². The molecule has 3 N–H and O–H groups in total. The van der Waals surface area contributed by atoms with Crippen LogP contribution in [0.2, 0.25) is 10.0 Å². The number of carbonyl (C=O) groups excluding carboxylic acids is 1. The molecule has 1 aromatic heterocycles. The summed E-state index contributed by atoms with van der Waals surface area (Å²) in [7, 11) is 0. The molecule has 0 spiro atoms. The molecule has 0 bridgehead atoms. The predicted octanol–water partition coefficient (Wildman–Crippen LogP) is 3.28. The summed E-state index contributed by atoms with van der Waals surface area (Å²) in [6.07, 6.45) is 1.70. The summed E-state index contributed by atoms with van der Waals surface area (Å²) in [5, 5.41) is 8.15. The van der Waals surface area contributed by atoms with E-state index in [1.165, 1.54) is 0 Å². The molecule has 1 aromatic carbocycles. The Morgan fingerprint density at radius 3 is 2.61 bits per heavy atom. The molecule has 1 heterocycles. The van der Waals surface area contributed by atoms with Gasteiger partial charge in [0.15, 0.2) is 5.69 Å². The molecule has 1 unspecified atom stereocenters. The van der Waals surface area contributed by atoms with Gasteiger partial charge in [-0.25, -0.2) is 4.68 Å². The molecule has 124 valence electrons. The number of halogens is 2. The third kappa shape index (κ3) is 3.86. The second-order valence-corrected chi connectivity index (χ2v) is 6.79. The summed E-state index contributed by atoms with van der Waals surface area (Å²) in [4.78, 5) is 12.4. The SMILES string of the molecule is CC(C)C(C)(CN)NC(=O)c1ccn(-c2ccc(Cl)c(Cl)c2)n1. The predicted molar refractivity (Wildman–Crippen MR) is 93.3 cm³/mol. The molecule has 5 nitrogen and oxygen atoms in total. The first kappa shape index (κ1) is 17.8. The summed E-state index contributed by atoms with van der Waals surface area (Å²) in [6.45, 7) is 6.30. The van der Waals surface area contributed by atoms with E-state index in [-0.39, 0.29) is 11.8 Å². The smallest absolute Gasteiger partial charge is 0.272 e. The molecule has 7 heteroatoms. The fraction of sp³-hybridized carbons (Fsp3) is 0.375. The molecule has 0 saturated carbocycles. The monoisotopic (exact) mass is 354 g/mol. The van der Waals surface area contributed by atoms with Crippen molar-refractivity contribution in [2.24, 2.45) is 11.7 Å². The van der Waals surface area contributed by atoms with Gasteiger partial charge in [0.05, 0.1) is 21.3 Å².